The van der Waals surface area contributed by atoms with Gasteiger partial charge in [0, 0.05) is 33.4 Å². The second-order valence-corrected chi connectivity index (χ2v) is 22.2. The molecule has 0 aliphatic heterocycles. The zero-order valence-electron chi connectivity index (χ0n) is 41.6. The summed E-state index contributed by atoms with van der Waals surface area (Å²) in [5.74, 6) is -0.103. The van der Waals surface area contributed by atoms with Crippen molar-refractivity contribution in [2.75, 3.05) is 0 Å². The maximum Gasteiger partial charge on any atom is 0.193 e. The molecule has 0 aliphatic carbocycles. The van der Waals surface area contributed by atoms with Crippen molar-refractivity contribution in [2.45, 2.75) is 81.6 Å². The molecule has 0 heterocycles. The molecule has 0 fully saturated rings. The van der Waals surface area contributed by atoms with E-state index < -0.39 is 11.6 Å². The van der Waals surface area contributed by atoms with Gasteiger partial charge in [-0.1, -0.05) is 141 Å². The van der Waals surface area contributed by atoms with Gasteiger partial charge in [0.1, 0.15) is 23.1 Å². The second-order valence-electron chi connectivity index (χ2n) is 22.2. The van der Waals surface area contributed by atoms with E-state index in [0.29, 0.717) is 51.1 Å². The lowest BCUT2D eigenvalue weighted by Crippen LogP contribution is -2.12. The maximum atomic E-state index is 15.1. The molecule has 0 bridgehead atoms. The SMILES string of the molecule is CC(C)(C)Cc1cc(CC(C)(C)C)c2cc(Oc3ccc(C(=O)c4cc(-c5ccc(C(=O)c6ccc(F)cc6)cc5)ccc4-c4ccc(C(=O)c5ccc(F)cc5)cc4)cc3CC(C)(C)C)ccc2c1. The van der Waals surface area contributed by atoms with E-state index in [1.54, 1.807) is 24.3 Å². The van der Waals surface area contributed by atoms with Crippen LogP contribution in [0.25, 0.3) is 33.0 Å². The van der Waals surface area contributed by atoms with Crippen LogP contribution in [0.4, 0.5) is 8.78 Å². The standard InChI is InChI=1S/C64H60F2O4/c1-62(2,3)37-40-32-48-22-29-54(36-56(48)50(33-40)38-63(4,5)6)70-58-31-24-49(34-51(58)39-64(7,8)9)61(69)57-35-47(41-10-14-43(15-11-41)59(67)45-18-25-52(65)26-19-45)23-30-55(57)42-12-16-44(17-13-42)60(68)46-20-27-53(66)28-21-46/h10-36H,37-39H2,1-9H3. The summed E-state index contributed by atoms with van der Waals surface area (Å²) in [4.78, 5) is 41.7. The van der Waals surface area contributed by atoms with Crippen LogP contribution >= 0.6 is 0 Å². The van der Waals surface area contributed by atoms with Crippen LogP contribution in [0, 0.1) is 27.9 Å². The first-order valence-corrected chi connectivity index (χ1v) is 23.9. The summed E-state index contributed by atoms with van der Waals surface area (Å²) in [6, 6.07) is 47.5. The summed E-state index contributed by atoms with van der Waals surface area (Å²) in [6.07, 6.45) is 2.54. The van der Waals surface area contributed by atoms with Crippen molar-refractivity contribution in [2.24, 2.45) is 16.2 Å². The third-order valence-corrected chi connectivity index (χ3v) is 12.2. The van der Waals surface area contributed by atoms with Crippen LogP contribution in [0.15, 0.2) is 164 Å². The summed E-state index contributed by atoms with van der Waals surface area (Å²) >= 11 is 0. The van der Waals surface area contributed by atoms with E-state index in [2.05, 4.69) is 86.6 Å². The van der Waals surface area contributed by atoms with Gasteiger partial charge in [0.05, 0.1) is 0 Å². The Morgan fingerprint density at radius 2 is 0.886 bits per heavy atom. The van der Waals surface area contributed by atoms with E-state index in [0.717, 1.165) is 40.8 Å². The van der Waals surface area contributed by atoms with Crippen molar-refractivity contribution >= 4 is 28.1 Å². The van der Waals surface area contributed by atoms with E-state index in [1.165, 1.54) is 70.4 Å². The van der Waals surface area contributed by atoms with Crippen molar-refractivity contribution < 1.29 is 27.9 Å². The molecule has 0 N–H and O–H groups in total. The molecule has 0 saturated carbocycles. The zero-order valence-corrected chi connectivity index (χ0v) is 41.6. The topological polar surface area (TPSA) is 60.4 Å². The molecule has 8 aromatic carbocycles. The number of hydrogen-bond acceptors (Lipinski definition) is 4. The van der Waals surface area contributed by atoms with Crippen molar-refractivity contribution in [3.63, 3.8) is 0 Å². The molecule has 0 atom stereocenters. The minimum absolute atomic E-state index is 0.0801. The first-order valence-electron chi connectivity index (χ1n) is 23.9. The quantitative estimate of drug-likeness (QED) is 0.108. The number of hydrogen-bond donors (Lipinski definition) is 0. The molecule has 0 amide bonds. The summed E-state index contributed by atoms with van der Waals surface area (Å²) in [5, 5.41) is 2.36. The molecule has 70 heavy (non-hydrogen) atoms. The third-order valence-electron chi connectivity index (χ3n) is 12.2. The highest BCUT2D eigenvalue weighted by atomic mass is 19.1. The Labute approximate surface area is 411 Å². The first kappa shape index (κ1) is 49.1. The lowest BCUT2D eigenvalue weighted by molar-refractivity contribution is 0.103. The van der Waals surface area contributed by atoms with Crippen molar-refractivity contribution in [3.8, 4) is 33.8 Å². The Morgan fingerprint density at radius 1 is 0.414 bits per heavy atom. The molecule has 8 aromatic rings. The smallest absolute Gasteiger partial charge is 0.193 e. The van der Waals surface area contributed by atoms with Gasteiger partial charge in [-0.25, -0.2) is 8.78 Å². The molecular formula is C64H60F2O4. The third kappa shape index (κ3) is 11.9. The Balaban J connectivity index is 1.17. The van der Waals surface area contributed by atoms with E-state index in [9.17, 15) is 18.4 Å². The fraction of sp³-hybridized carbons (Fsp3) is 0.234. The van der Waals surface area contributed by atoms with Crippen LogP contribution in [0.2, 0.25) is 0 Å². The van der Waals surface area contributed by atoms with E-state index in [-0.39, 0.29) is 33.6 Å². The molecule has 0 aromatic heterocycles. The average molecular weight is 931 g/mol. The van der Waals surface area contributed by atoms with Gasteiger partial charge in [0.25, 0.3) is 0 Å². The minimum Gasteiger partial charge on any atom is -0.457 e. The number of halogens is 2. The van der Waals surface area contributed by atoms with Gasteiger partial charge >= 0.3 is 0 Å². The van der Waals surface area contributed by atoms with Crippen molar-refractivity contribution in [1.82, 2.24) is 0 Å². The van der Waals surface area contributed by atoms with Crippen LogP contribution < -0.4 is 4.74 Å². The number of benzene rings is 8. The fourth-order valence-corrected chi connectivity index (χ4v) is 9.10. The molecular weight excluding hydrogens is 871 g/mol. The Kier molecular flexibility index (Phi) is 13.7. The van der Waals surface area contributed by atoms with Gasteiger partial charge < -0.3 is 4.74 Å². The summed E-state index contributed by atoms with van der Waals surface area (Å²) in [6.45, 7) is 20.1. The van der Waals surface area contributed by atoms with Gasteiger partial charge in [-0.3, -0.25) is 14.4 Å². The molecule has 8 rings (SSSR count). The number of fused-ring (bicyclic) bond motifs is 1. The summed E-state index contributed by atoms with van der Waals surface area (Å²) < 4.78 is 34.1. The van der Waals surface area contributed by atoms with Gasteiger partial charge in [-0.05, 0) is 170 Å². The normalized spacial score (nSPS) is 12.0. The van der Waals surface area contributed by atoms with Crippen LogP contribution in [-0.4, -0.2) is 17.3 Å². The summed E-state index contributed by atoms with van der Waals surface area (Å²) in [7, 11) is 0. The second kappa shape index (κ2) is 19.6. The average Bonchev–Trinajstić information content (AvgIpc) is 3.30. The van der Waals surface area contributed by atoms with Crippen LogP contribution in [-0.2, 0) is 19.3 Å². The first-order chi connectivity index (χ1) is 33.1. The molecule has 0 saturated heterocycles. The summed E-state index contributed by atoms with van der Waals surface area (Å²) in [5.41, 5.74) is 9.14. The van der Waals surface area contributed by atoms with Crippen LogP contribution in [0.3, 0.4) is 0 Å². The Bertz CT molecular complexity index is 3230. The van der Waals surface area contributed by atoms with Crippen molar-refractivity contribution in [3.05, 3.63) is 225 Å². The van der Waals surface area contributed by atoms with Gasteiger partial charge in [0.2, 0.25) is 0 Å². The molecule has 0 aliphatic rings. The molecule has 6 heteroatoms. The van der Waals surface area contributed by atoms with Gasteiger partial charge in [-0.15, -0.1) is 0 Å². The zero-order chi connectivity index (χ0) is 50.1. The number of ketones is 3. The lowest BCUT2D eigenvalue weighted by atomic mass is 9.82. The fourth-order valence-electron chi connectivity index (χ4n) is 9.10. The largest absolute Gasteiger partial charge is 0.457 e. The van der Waals surface area contributed by atoms with Gasteiger partial charge in [-0.2, -0.15) is 0 Å². The highest BCUT2D eigenvalue weighted by Gasteiger charge is 2.23. The predicted octanol–water partition coefficient (Wildman–Crippen LogP) is 16.7. The highest BCUT2D eigenvalue weighted by Crippen LogP contribution is 2.38. The molecule has 354 valence electrons. The monoisotopic (exact) mass is 930 g/mol. The number of carbonyl (C=O) groups is 3. The molecule has 0 radical (unpaired) electrons. The number of ether oxygens (including phenoxy) is 1. The molecule has 0 unspecified atom stereocenters. The van der Waals surface area contributed by atoms with Gasteiger partial charge in [0.15, 0.2) is 17.3 Å². The van der Waals surface area contributed by atoms with Crippen molar-refractivity contribution in [1.29, 1.82) is 0 Å². The lowest BCUT2D eigenvalue weighted by Gasteiger charge is -2.23. The van der Waals surface area contributed by atoms with E-state index in [4.69, 9.17) is 4.74 Å². The van der Waals surface area contributed by atoms with Crippen LogP contribution in [0.1, 0.15) is 127 Å². The maximum absolute atomic E-state index is 15.1. The van der Waals surface area contributed by atoms with Crippen LogP contribution in [0.5, 0.6) is 11.5 Å². The highest BCUT2D eigenvalue weighted by molar-refractivity contribution is 6.14. The number of rotatable bonds is 13. The predicted molar refractivity (Wildman–Crippen MR) is 280 cm³/mol. The molecule has 0 spiro atoms. The van der Waals surface area contributed by atoms with E-state index >= 15 is 4.79 Å². The Hall–Kier alpha value is -7.31. The van der Waals surface area contributed by atoms with E-state index in [1.807, 2.05) is 66.7 Å². The molecule has 4 nitrogen and oxygen atoms in total. The number of carbonyl (C=O) groups excluding carboxylic acids is 3. The minimum atomic E-state index is -0.421. The Morgan fingerprint density at radius 3 is 1.41 bits per heavy atom.